The van der Waals surface area contributed by atoms with E-state index in [-0.39, 0.29) is 0 Å². The van der Waals surface area contributed by atoms with Gasteiger partial charge in [-0.05, 0) is 12.1 Å². The zero-order valence-electron chi connectivity index (χ0n) is 10.0. The Balaban J connectivity index is 2.49. The summed E-state index contributed by atoms with van der Waals surface area (Å²) >= 11 is 0. The van der Waals surface area contributed by atoms with Crippen LogP contribution in [0.4, 0.5) is 10.5 Å². The van der Waals surface area contributed by atoms with E-state index in [0.29, 0.717) is 11.6 Å². The maximum Gasteiger partial charge on any atom is 0.316 e. The minimum Gasteiger partial charge on any atom is -0.481 e. The van der Waals surface area contributed by atoms with Gasteiger partial charge in [0.1, 0.15) is 0 Å². The van der Waals surface area contributed by atoms with Gasteiger partial charge in [0, 0.05) is 13.2 Å². The van der Waals surface area contributed by atoms with Crippen LogP contribution in [0.2, 0.25) is 0 Å². The van der Waals surface area contributed by atoms with E-state index in [1.807, 2.05) is 13.1 Å². The highest BCUT2D eigenvalue weighted by Crippen LogP contribution is 2.29. The zero-order valence-corrected chi connectivity index (χ0v) is 10.0. The van der Waals surface area contributed by atoms with Crippen molar-refractivity contribution in [1.82, 2.24) is 14.8 Å². The van der Waals surface area contributed by atoms with E-state index in [0.717, 1.165) is 11.3 Å². The molecule has 2 aromatic heterocycles. The standard InChI is InChI=1S/C11H13N5O2/c1-16-9(3-4-14-16)8-5-7(15-11(12)17)6-13-10(8)18-2/h3-6H,1-2H3,(H3,12,15,17). The number of nitrogens with zero attached hydrogens (tertiary/aromatic N) is 3. The van der Waals surface area contributed by atoms with Gasteiger partial charge in [-0.3, -0.25) is 4.68 Å². The molecule has 2 rings (SSSR count). The topological polar surface area (TPSA) is 95.1 Å². The number of ether oxygens (including phenoxy) is 1. The SMILES string of the molecule is COc1ncc(NC(N)=O)cc1-c1ccnn1C. The number of pyridine rings is 1. The molecule has 0 bridgehead atoms. The van der Waals surface area contributed by atoms with Gasteiger partial charge in [0.15, 0.2) is 0 Å². The monoisotopic (exact) mass is 247 g/mol. The maximum atomic E-state index is 10.8. The quantitative estimate of drug-likeness (QED) is 0.845. The van der Waals surface area contributed by atoms with E-state index in [2.05, 4.69) is 15.4 Å². The molecule has 0 radical (unpaired) electrons. The lowest BCUT2D eigenvalue weighted by atomic mass is 10.2. The maximum absolute atomic E-state index is 10.8. The molecule has 0 fully saturated rings. The van der Waals surface area contributed by atoms with Gasteiger partial charge in [0.2, 0.25) is 5.88 Å². The van der Waals surface area contributed by atoms with Crippen LogP contribution in [0.5, 0.6) is 5.88 Å². The van der Waals surface area contributed by atoms with Gasteiger partial charge in [0.25, 0.3) is 0 Å². The largest absolute Gasteiger partial charge is 0.481 e. The van der Waals surface area contributed by atoms with Crippen molar-refractivity contribution >= 4 is 11.7 Å². The third kappa shape index (κ3) is 2.24. The van der Waals surface area contributed by atoms with Crippen molar-refractivity contribution in [3.63, 3.8) is 0 Å². The van der Waals surface area contributed by atoms with Crippen LogP contribution in [0.1, 0.15) is 0 Å². The van der Waals surface area contributed by atoms with Gasteiger partial charge in [-0.1, -0.05) is 0 Å². The molecule has 0 saturated heterocycles. The first kappa shape index (κ1) is 11.9. The number of carbonyl (C=O) groups excluding carboxylic acids is 1. The number of hydrogen-bond donors (Lipinski definition) is 2. The molecule has 0 unspecified atom stereocenters. The molecule has 0 aromatic carbocycles. The fraction of sp³-hybridized carbons (Fsp3) is 0.182. The summed E-state index contributed by atoms with van der Waals surface area (Å²) in [4.78, 5) is 14.9. The van der Waals surface area contributed by atoms with Gasteiger partial charge in [-0.2, -0.15) is 5.10 Å². The van der Waals surface area contributed by atoms with Gasteiger partial charge < -0.3 is 15.8 Å². The average Bonchev–Trinajstić information content (AvgIpc) is 2.74. The average molecular weight is 247 g/mol. The minimum atomic E-state index is -0.641. The molecule has 7 heteroatoms. The molecule has 0 spiro atoms. The lowest BCUT2D eigenvalue weighted by Crippen LogP contribution is -2.19. The number of methoxy groups -OCH3 is 1. The summed E-state index contributed by atoms with van der Waals surface area (Å²) in [6.45, 7) is 0. The molecule has 0 saturated carbocycles. The second kappa shape index (κ2) is 4.74. The molecule has 3 N–H and O–H groups in total. The number of rotatable bonds is 3. The normalized spacial score (nSPS) is 10.1. The molecule has 0 aliphatic rings. The van der Waals surface area contributed by atoms with E-state index in [1.54, 1.807) is 16.9 Å². The van der Waals surface area contributed by atoms with Crippen molar-refractivity contribution < 1.29 is 9.53 Å². The van der Waals surface area contributed by atoms with Crippen LogP contribution in [0, 0.1) is 0 Å². The number of hydrogen-bond acceptors (Lipinski definition) is 4. The Bertz CT molecular complexity index is 579. The van der Waals surface area contributed by atoms with Crippen LogP contribution in [-0.2, 0) is 7.05 Å². The molecule has 2 amide bonds. The van der Waals surface area contributed by atoms with Gasteiger partial charge in [-0.25, -0.2) is 9.78 Å². The fourth-order valence-electron chi connectivity index (χ4n) is 1.65. The number of urea groups is 1. The summed E-state index contributed by atoms with van der Waals surface area (Å²) < 4.78 is 6.88. The van der Waals surface area contributed by atoms with Crippen molar-refractivity contribution in [1.29, 1.82) is 0 Å². The van der Waals surface area contributed by atoms with Crippen molar-refractivity contribution in [2.45, 2.75) is 0 Å². The Morgan fingerprint density at radius 2 is 2.33 bits per heavy atom. The molecule has 2 aromatic rings. The van der Waals surface area contributed by atoms with Crippen LogP contribution in [0.15, 0.2) is 24.5 Å². The number of aryl methyl sites for hydroxylation is 1. The Kier molecular flexibility index (Phi) is 3.13. The molecule has 0 atom stereocenters. The summed E-state index contributed by atoms with van der Waals surface area (Å²) in [5.41, 5.74) is 7.12. The number of nitrogens with one attached hydrogen (secondary N) is 1. The van der Waals surface area contributed by atoms with Crippen LogP contribution < -0.4 is 15.8 Å². The highest BCUT2D eigenvalue weighted by atomic mass is 16.5. The third-order valence-corrected chi connectivity index (χ3v) is 2.41. The predicted molar refractivity (Wildman–Crippen MR) is 66.2 cm³/mol. The Hall–Kier alpha value is -2.57. The molecule has 0 aliphatic carbocycles. The van der Waals surface area contributed by atoms with Crippen molar-refractivity contribution in [3.05, 3.63) is 24.5 Å². The summed E-state index contributed by atoms with van der Waals surface area (Å²) in [5.74, 6) is 0.452. The predicted octanol–water partition coefficient (Wildman–Crippen LogP) is 0.981. The number of primary amides is 1. The van der Waals surface area contributed by atoms with E-state index < -0.39 is 6.03 Å². The van der Waals surface area contributed by atoms with E-state index >= 15 is 0 Å². The van der Waals surface area contributed by atoms with Crippen molar-refractivity contribution in [2.75, 3.05) is 12.4 Å². The van der Waals surface area contributed by atoms with Gasteiger partial charge in [-0.15, -0.1) is 0 Å². The first-order valence-corrected chi connectivity index (χ1v) is 5.20. The Morgan fingerprint density at radius 1 is 1.56 bits per heavy atom. The highest BCUT2D eigenvalue weighted by molar-refractivity contribution is 5.88. The number of amides is 2. The van der Waals surface area contributed by atoms with E-state index in [1.165, 1.54) is 13.3 Å². The summed E-state index contributed by atoms with van der Waals surface area (Å²) in [5, 5.41) is 6.55. The summed E-state index contributed by atoms with van der Waals surface area (Å²) in [7, 11) is 3.34. The smallest absolute Gasteiger partial charge is 0.316 e. The van der Waals surface area contributed by atoms with Crippen LogP contribution in [-0.4, -0.2) is 27.9 Å². The first-order chi connectivity index (χ1) is 8.61. The Morgan fingerprint density at radius 3 is 2.89 bits per heavy atom. The van der Waals surface area contributed by atoms with Gasteiger partial charge in [0.05, 0.1) is 30.3 Å². The molecule has 0 aliphatic heterocycles. The molecular weight excluding hydrogens is 234 g/mol. The number of nitrogens with two attached hydrogens (primary N) is 1. The number of aromatic nitrogens is 3. The second-order valence-corrected chi connectivity index (χ2v) is 3.61. The highest BCUT2D eigenvalue weighted by Gasteiger charge is 2.12. The van der Waals surface area contributed by atoms with E-state index in [9.17, 15) is 4.79 Å². The summed E-state index contributed by atoms with van der Waals surface area (Å²) in [6.07, 6.45) is 3.15. The van der Waals surface area contributed by atoms with Crippen molar-refractivity contribution in [2.24, 2.45) is 12.8 Å². The van der Waals surface area contributed by atoms with Crippen molar-refractivity contribution in [3.8, 4) is 17.1 Å². The number of anilines is 1. The second-order valence-electron chi connectivity index (χ2n) is 3.61. The van der Waals surface area contributed by atoms with Crippen LogP contribution in [0.3, 0.4) is 0 Å². The third-order valence-electron chi connectivity index (χ3n) is 2.41. The zero-order chi connectivity index (χ0) is 13.1. The molecule has 94 valence electrons. The lowest BCUT2D eigenvalue weighted by Gasteiger charge is -2.10. The van der Waals surface area contributed by atoms with Gasteiger partial charge >= 0.3 is 6.03 Å². The fourth-order valence-corrected chi connectivity index (χ4v) is 1.65. The lowest BCUT2D eigenvalue weighted by molar-refractivity contribution is 0.259. The van der Waals surface area contributed by atoms with Crippen LogP contribution in [0.25, 0.3) is 11.3 Å². The number of carbonyl (C=O) groups is 1. The van der Waals surface area contributed by atoms with E-state index in [4.69, 9.17) is 10.5 Å². The molecule has 2 heterocycles. The first-order valence-electron chi connectivity index (χ1n) is 5.20. The molecule has 18 heavy (non-hydrogen) atoms. The molecular formula is C11H13N5O2. The Labute approximate surface area is 104 Å². The minimum absolute atomic E-state index is 0.452. The molecule has 7 nitrogen and oxygen atoms in total. The summed E-state index contributed by atoms with van der Waals surface area (Å²) in [6, 6.07) is 2.92. The van der Waals surface area contributed by atoms with Crippen LogP contribution >= 0.6 is 0 Å².